The Balaban J connectivity index is 2.09. The van der Waals surface area contributed by atoms with Gasteiger partial charge in [0, 0.05) is 17.4 Å². The number of aliphatic carboxylic acids is 1. The van der Waals surface area contributed by atoms with Gasteiger partial charge >= 0.3 is 5.97 Å². The number of nitrogens with one attached hydrogen (secondary N) is 1. The van der Waals surface area contributed by atoms with E-state index >= 15 is 0 Å². The van der Waals surface area contributed by atoms with Crippen molar-refractivity contribution in [2.24, 2.45) is 5.92 Å². The van der Waals surface area contributed by atoms with Gasteiger partial charge in [0.05, 0.1) is 23.1 Å². The zero-order valence-corrected chi connectivity index (χ0v) is 14.5. The molecule has 2 aromatic rings. The molecule has 0 aliphatic rings. The van der Waals surface area contributed by atoms with E-state index in [1.807, 2.05) is 31.2 Å². The minimum absolute atomic E-state index is 0.0244. The maximum atomic E-state index is 12.2. The first-order valence-corrected chi connectivity index (χ1v) is 7.98. The van der Waals surface area contributed by atoms with Crippen LogP contribution < -0.4 is 5.32 Å². The van der Waals surface area contributed by atoms with Crippen LogP contribution in [0, 0.1) is 12.8 Å². The third-order valence-corrected chi connectivity index (χ3v) is 3.93. The lowest BCUT2D eigenvalue weighted by Gasteiger charge is -2.10. The molecule has 0 radical (unpaired) electrons. The summed E-state index contributed by atoms with van der Waals surface area (Å²) in [6.45, 7) is 3.92. The maximum Gasteiger partial charge on any atom is 0.303 e. The predicted octanol–water partition coefficient (Wildman–Crippen LogP) is 2.78. The van der Waals surface area contributed by atoms with Crippen molar-refractivity contribution in [3.63, 3.8) is 0 Å². The van der Waals surface area contributed by atoms with E-state index < -0.39 is 5.97 Å². The third kappa shape index (κ3) is 4.41. The van der Waals surface area contributed by atoms with Gasteiger partial charge in [-0.1, -0.05) is 28.9 Å². The van der Waals surface area contributed by atoms with Gasteiger partial charge in [-0.15, -0.1) is 0 Å². The average Bonchev–Trinajstić information content (AvgIpc) is 2.86. The molecule has 7 heteroatoms. The van der Waals surface area contributed by atoms with E-state index in [-0.39, 0.29) is 18.2 Å². The molecule has 1 atom stereocenters. The molecule has 0 aliphatic heterocycles. The third-order valence-electron chi connectivity index (χ3n) is 3.44. The minimum Gasteiger partial charge on any atom is -0.481 e. The minimum atomic E-state index is -0.870. The number of hydrogen-bond donors (Lipinski definition) is 2. The van der Waals surface area contributed by atoms with E-state index in [1.54, 1.807) is 11.6 Å². The number of carboxylic acids is 1. The Morgan fingerprint density at radius 1 is 1.43 bits per heavy atom. The molecule has 1 heterocycles. The highest BCUT2D eigenvalue weighted by Crippen LogP contribution is 2.18. The lowest BCUT2D eigenvalue weighted by molar-refractivity contribution is -0.137. The quantitative estimate of drug-likeness (QED) is 0.807. The molecule has 0 saturated carbocycles. The van der Waals surface area contributed by atoms with Gasteiger partial charge in [-0.2, -0.15) is 5.10 Å². The number of halogens is 1. The molecule has 0 bridgehead atoms. The normalized spacial score (nSPS) is 12.0. The predicted molar refractivity (Wildman–Crippen MR) is 89.8 cm³/mol. The maximum absolute atomic E-state index is 12.2. The zero-order valence-electron chi connectivity index (χ0n) is 12.9. The highest BCUT2D eigenvalue weighted by atomic mass is 79.9. The van der Waals surface area contributed by atoms with Crippen molar-refractivity contribution in [1.29, 1.82) is 0 Å². The molecule has 1 amide bonds. The van der Waals surface area contributed by atoms with Crippen molar-refractivity contribution in [2.45, 2.75) is 20.3 Å². The first kappa shape index (κ1) is 17.2. The fourth-order valence-corrected chi connectivity index (χ4v) is 2.62. The van der Waals surface area contributed by atoms with Crippen LogP contribution >= 0.6 is 15.9 Å². The Morgan fingerprint density at radius 3 is 2.83 bits per heavy atom. The van der Waals surface area contributed by atoms with E-state index in [0.717, 1.165) is 15.9 Å². The van der Waals surface area contributed by atoms with Crippen LogP contribution in [0.25, 0.3) is 5.69 Å². The van der Waals surface area contributed by atoms with Gasteiger partial charge < -0.3 is 10.4 Å². The van der Waals surface area contributed by atoms with E-state index in [2.05, 4.69) is 26.3 Å². The summed E-state index contributed by atoms with van der Waals surface area (Å²) >= 11 is 3.41. The van der Waals surface area contributed by atoms with E-state index in [4.69, 9.17) is 5.11 Å². The van der Waals surface area contributed by atoms with E-state index in [0.29, 0.717) is 12.1 Å². The van der Waals surface area contributed by atoms with Gasteiger partial charge in [0.1, 0.15) is 0 Å². The summed E-state index contributed by atoms with van der Waals surface area (Å²) in [5.74, 6) is -1.25. The van der Waals surface area contributed by atoms with Gasteiger partial charge in [-0.05, 0) is 31.0 Å². The standard InChI is InChI=1S/C16H18BrN3O3/c1-10(6-15(21)22)8-18-16(23)14-9-19-20(11(14)2)13-5-3-4-12(17)7-13/h3-5,7,9-10H,6,8H2,1-2H3,(H,18,23)(H,21,22). The van der Waals surface area contributed by atoms with Gasteiger partial charge in [0.2, 0.25) is 0 Å². The molecule has 2 N–H and O–H groups in total. The van der Waals surface area contributed by atoms with Gasteiger partial charge in [0.15, 0.2) is 0 Å². The molecule has 2 rings (SSSR count). The fourth-order valence-electron chi connectivity index (χ4n) is 2.23. The van der Waals surface area contributed by atoms with Crippen molar-refractivity contribution in [3.8, 4) is 5.69 Å². The number of amides is 1. The van der Waals surface area contributed by atoms with Crippen LogP contribution in [0.1, 0.15) is 29.4 Å². The number of nitrogens with zero attached hydrogens (tertiary/aromatic N) is 2. The lowest BCUT2D eigenvalue weighted by atomic mass is 10.1. The van der Waals surface area contributed by atoms with Crippen molar-refractivity contribution in [1.82, 2.24) is 15.1 Å². The molecule has 6 nitrogen and oxygen atoms in total. The monoisotopic (exact) mass is 379 g/mol. The molecule has 23 heavy (non-hydrogen) atoms. The van der Waals surface area contributed by atoms with Crippen LogP contribution in [0.2, 0.25) is 0 Å². The van der Waals surface area contributed by atoms with Crippen LogP contribution in [0.4, 0.5) is 0 Å². The summed E-state index contributed by atoms with van der Waals surface area (Å²) in [6, 6.07) is 7.63. The van der Waals surface area contributed by atoms with Crippen molar-refractivity contribution in [2.75, 3.05) is 6.54 Å². The van der Waals surface area contributed by atoms with Gasteiger partial charge in [0.25, 0.3) is 5.91 Å². The SMILES string of the molecule is Cc1c(C(=O)NCC(C)CC(=O)O)cnn1-c1cccc(Br)c1. The molecule has 0 saturated heterocycles. The summed E-state index contributed by atoms with van der Waals surface area (Å²) in [6.07, 6.45) is 1.55. The molecule has 1 aromatic carbocycles. The van der Waals surface area contributed by atoms with Gasteiger partial charge in [-0.25, -0.2) is 4.68 Å². The first-order chi connectivity index (χ1) is 10.9. The second-order valence-electron chi connectivity index (χ2n) is 5.45. The van der Waals surface area contributed by atoms with Crippen LogP contribution in [-0.2, 0) is 4.79 Å². The molecule has 0 aliphatic carbocycles. The molecule has 122 valence electrons. The van der Waals surface area contributed by atoms with Gasteiger partial charge in [-0.3, -0.25) is 9.59 Å². The number of carbonyl (C=O) groups is 2. The fraction of sp³-hybridized carbons (Fsp3) is 0.312. The smallest absolute Gasteiger partial charge is 0.303 e. The molecule has 0 spiro atoms. The molecular weight excluding hydrogens is 362 g/mol. The number of rotatable bonds is 6. The Bertz CT molecular complexity index is 727. The van der Waals surface area contributed by atoms with Crippen LogP contribution in [0.3, 0.4) is 0 Å². The number of hydrogen-bond acceptors (Lipinski definition) is 3. The second-order valence-corrected chi connectivity index (χ2v) is 6.36. The van der Waals surface area contributed by atoms with Crippen LogP contribution in [0.5, 0.6) is 0 Å². The summed E-state index contributed by atoms with van der Waals surface area (Å²) < 4.78 is 2.62. The second kappa shape index (κ2) is 7.41. The zero-order chi connectivity index (χ0) is 17.0. The number of benzene rings is 1. The van der Waals surface area contributed by atoms with Crippen molar-refractivity contribution in [3.05, 3.63) is 46.2 Å². The van der Waals surface area contributed by atoms with Crippen molar-refractivity contribution < 1.29 is 14.7 Å². The highest BCUT2D eigenvalue weighted by Gasteiger charge is 2.16. The first-order valence-electron chi connectivity index (χ1n) is 7.19. The van der Waals surface area contributed by atoms with E-state index in [1.165, 1.54) is 6.20 Å². The Kier molecular flexibility index (Phi) is 5.54. The largest absolute Gasteiger partial charge is 0.481 e. The highest BCUT2D eigenvalue weighted by molar-refractivity contribution is 9.10. The van der Waals surface area contributed by atoms with Crippen LogP contribution in [-0.4, -0.2) is 33.3 Å². The Labute approximate surface area is 142 Å². The summed E-state index contributed by atoms with van der Waals surface area (Å²) in [7, 11) is 0. The number of aromatic nitrogens is 2. The molecule has 0 fully saturated rings. The Morgan fingerprint density at radius 2 is 2.17 bits per heavy atom. The van der Waals surface area contributed by atoms with E-state index in [9.17, 15) is 9.59 Å². The average molecular weight is 380 g/mol. The lowest BCUT2D eigenvalue weighted by Crippen LogP contribution is -2.29. The summed E-state index contributed by atoms with van der Waals surface area (Å²) in [4.78, 5) is 22.9. The number of carboxylic acid groups (broad SMARTS) is 1. The summed E-state index contributed by atoms with van der Waals surface area (Å²) in [5, 5.41) is 15.8. The summed E-state index contributed by atoms with van der Waals surface area (Å²) in [5.41, 5.74) is 2.06. The number of carbonyl (C=O) groups excluding carboxylic acids is 1. The van der Waals surface area contributed by atoms with Crippen LogP contribution in [0.15, 0.2) is 34.9 Å². The molecule has 1 unspecified atom stereocenters. The molecular formula is C16H18BrN3O3. The van der Waals surface area contributed by atoms with Crippen molar-refractivity contribution >= 4 is 27.8 Å². The Hall–Kier alpha value is -2.15. The topological polar surface area (TPSA) is 84.2 Å². The molecule has 1 aromatic heterocycles.